The van der Waals surface area contributed by atoms with Crippen LogP contribution >= 0.6 is 0 Å². The second-order valence-corrected chi connectivity index (χ2v) is 20.5. The van der Waals surface area contributed by atoms with Crippen molar-refractivity contribution < 1.29 is 28.8 Å². The van der Waals surface area contributed by atoms with Crippen LogP contribution in [-0.2, 0) is 28.8 Å². The molecule has 2 aliphatic heterocycles. The number of hydrogen-bond donors (Lipinski definition) is 4. The Hall–Kier alpha value is -3.02. The molecule has 56 heavy (non-hydrogen) atoms. The molecule has 7 fully saturated rings. The summed E-state index contributed by atoms with van der Waals surface area (Å²) < 4.78 is 0. The van der Waals surface area contributed by atoms with Crippen LogP contribution in [0.15, 0.2) is 0 Å². The molecule has 12 nitrogen and oxygen atoms in total. The van der Waals surface area contributed by atoms with Crippen molar-refractivity contribution in [1.29, 1.82) is 0 Å². The first-order valence-corrected chi connectivity index (χ1v) is 22.3. The minimum absolute atomic E-state index is 0.0171. The monoisotopic (exact) mass is 779 g/mol. The molecule has 5 aliphatic carbocycles. The van der Waals surface area contributed by atoms with Gasteiger partial charge in [-0.1, -0.05) is 73.6 Å². The van der Waals surface area contributed by atoms with Crippen molar-refractivity contribution in [3.8, 4) is 0 Å². The van der Waals surface area contributed by atoms with Crippen LogP contribution in [0.1, 0.15) is 151 Å². The molecule has 2 saturated heterocycles. The molecule has 6 atom stereocenters. The Labute approximate surface area is 334 Å². The summed E-state index contributed by atoms with van der Waals surface area (Å²) in [5, 5.41) is 12.1. The molecule has 7 rings (SSSR count). The third-order valence-electron chi connectivity index (χ3n) is 15.7. The molecule has 0 radical (unpaired) electrons. The highest BCUT2D eigenvalue weighted by Gasteiger charge is 2.85. The van der Waals surface area contributed by atoms with Gasteiger partial charge in [0.15, 0.2) is 0 Å². The highest BCUT2D eigenvalue weighted by Crippen LogP contribution is 2.88. The Morgan fingerprint density at radius 2 is 1.48 bits per heavy atom. The van der Waals surface area contributed by atoms with E-state index in [9.17, 15) is 24.0 Å². The Morgan fingerprint density at radius 3 is 2.05 bits per heavy atom. The van der Waals surface area contributed by atoms with Gasteiger partial charge >= 0.3 is 0 Å². The predicted molar refractivity (Wildman–Crippen MR) is 213 cm³/mol. The molecular formula is C44H70N6O6. The van der Waals surface area contributed by atoms with Crippen molar-refractivity contribution in [3.05, 3.63) is 0 Å². The molecular weight excluding hydrogens is 709 g/mol. The van der Waals surface area contributed by atoms with Crippen LogP contribution < -0.4 is 21.3 Å². The normalized spacial score (nSPS) is 30.1. The zero-order valence-electron chi connectivity index (χ0n) is 35.1. The summed E-state index contributed by atoms with van der Waals surface area (Å²) in [5.74, 6) is -2.63. The second kappa shape index (κ2) is 15.6. The fourth-order valence-corrected chi connectivity index (χ4v) is 11.7. The van der Waals surface area contributed by atoms with E-state index in [1.807, 2.05) is 27.7 Å². The van der Waals surface area contributed by atoms with Gasteiger partial charge in [-0.2, -0.15) is 0 Å². The number of hydrogen-bond acceptors (Lipinski definition) is 7. The number of rotatable bonds is 14. The number of Topliss-reactive ketones (excluding diaryl/α,β-unsaturated/α-hetero) is 1. The van der Waals surface area contributed by atoms with Crippen molar-refractivity contribution in [2.24, 2.45) is 33.5 Å². The molecule has 2 spiro atoms. The van der Waals surface area contributed by atoms with E-state index >= 15 is 4.79 Å². The first-order valence-electron chi connectivity index (χ1n) is 22.3. The lowest BCUT2D eigenvalue weighted by Gasteiger charge is -2.38. The summed E-state index contributed by atoms with van der Waals surface area (Å²) in [4.78, 5) is 88.5. The summed E-state index contributed by atoms with van der Waals surface area (Å²) in [6.07, 6.45) is 15.3. The number of nitrogens with zero attached hydrogens (tertiary/aromatic N) is 2. The molecule has 0 bridgehead atoms. The third-order valence-corrected chi connectivity index (χ3v) is 15.7. The van der Waals surface area contributed by atoms with Gasteiger partial charge in [0.05, 0.1) is 12.0 Å². The van der Waals surface area contributed by atoms with Crippen LogP contribution in [0.3, 0.4) is 0 Å². The fourth-order valence-electron chi connectivity index (χ4n) is 11.7. The zero-order chi connectivity index (χ0) is 40.2. The van der Waals surface area contributed by atoms with E-state index in [0.717, 1.165) is 90.1 Å². The Balaban J connectivity index is 1.12. The molecule has 0 unspecified atom stereocenters. The number of ketones is 1. The smallest absolute Gasteiger partial charge is 0.289 e. The predicted octanol–water partition coefficient (Wildman–Crippen LogP) is 4.39. The lowest BCUT2D eigenvalue weighted by Crippen LogP contribution is -2.62. The summed E-state index contributed by atoms with van der Waals surface area (Å²) >= 11 is 0. The molecule has 12 heteroatoms. The largest absolute Gasteiger partial charge is 0.347 e. The Morgan fingerprint density at radius 1 is 0.786 bits per heavy atom. The Bertz CT molecular complexity index is 1550. The van der Waals surface area contributed by atoms with Gasteiger partial charge < -0.3 is 26.2 Å². The SMILES string of the molecule is CCC[C@H](NC(=O)[C@@H]1C[C@@]2(CN1C(=O)[C@@H](NC(=O)[C@@H](NC(=O)[C@@H]1CCCN(C3CC3)C1)C1CCCCC1)C(C)(C)C)C(C)(C)C21CCC1)C(=O)C(=O)NC1CC1. The van der Waals surface area contributed by atoms with Crippen molar-refractivity contribution in [2.45, 2.75) is 187 Å². The standard InChI is InChI=1S/C44H70N6O6/c1-7-13-31(34(51)39(55)45-29-17-18-29)46-37(53)32-24-44(42(5,6)43(44)21-12-22-43)26-50(32)40(56)35(41(2,3)4)48-38(54)33(27-14-9-8-10-15-27)47-36(52)28-16-11-23-49(25-28)30-19-20-30/h27-33,35H,7-26H2,1-6H3,(H,45,55)(H,46,53)(H,47,52)(H,48,54)/t28-,31+,32+,33+,35-,44-/m1/s1. The first kappa shape index (κ1) is 41.2. The van der Waals surface area contributed by atoms with E-state index in [1.165, 1.54) is 12.8 Å². The third kappa shape index (κ3) is 7.66. The summed E-state index contributed by atoms with van der Waals surface area (Å²) in [5.41, 5.74) is -1.02. The van der Waals surface area contributed by atoms with Crippen LogP contribution in [0.2, 0.25) is 0 Å². The zero-order valence-corrected chi connectivity index (χ0v) is 35.1. The number of nitrogens with one attached hydrogen (secondary N) is 4. The number of carbonyl (C=O) groups excluding carboxylic acids is 6. The number of fused-ring (bicyclic) bond motifs is 1. The van der Waals surface area contributed by atoms with Gasteiger partial charge in [-0.05, 0) is 106 Å². The van der Waals surface area contributed by atoms with Crippen LogP contribution in [0.25, 0.3) is 0 Å². The van der Waals surface area contributed by atoms with Crippen LogP contribution in [-0.4, -0.2) is 101 Å². The van der Waals surface area contributed by atoms with Gasteiger partial charge in [0, 0.05) is 30.6 Å². The minimum atomic E-state index is -0.983. The lowest BCUT2D eigenvalue weighted by molar-refractivity contribution is -0.145. The number of likely N-dealkylation sites (tertiary alicyclic amines) is 2. The number of amides is 5. The molecule has 5 amide bonds. The highest BCUT2D eigenvalue weighted by molar-refractivity contribution is 6.38. The van der Waals surface area contributed by atoms with Gasteiger partial charge in [-0.15, -0.1) is 0 Å². The quantitative estimate of drug-likeness (QED) is 0.191. The second-order valence-electron chi connectivity index (χ2n) is 20.5. The van der Waals surface area contributed by atoms with E-state index in [2.05, 4.69) is 40.0 Å². The van der Waals surface area contributed by atoms with Gasteiger partial charge in [0.2, 0.25) is 29.4 Å². The Kier molecular flexibility index (Phi) is 11.5. The first-order chi connectivity index (χ1) is 26.5. The van der Waals surface area contributed by atoms with Crippen molar-refractivity contribution >= 4 is 35.3 Å². The molecule has 312 valence electrons. The van der Waals surface area contributed by atoms with Crippen molar-refractivity contribution in [3.63, 3.8) is 0 Å². The summed E-state index contributed by atoms with van der Waals surface area (Å²) in [6, 6.07) is -2.94. The average Bonchev–Trinajstić information content (AvgIpc) is 4.10. The summed E-state index contributed by atoms with van der Waals surface area (Å²) in [6.45, 7) is 14.4. The van der Waals surface area contributed by atoms with Gasteiger partial charge in [-0.25, -0.2) is 0 Å². The van der Waals surface area contributed by atoms with E-state index in [1.54, 1.807) is 4.90 Å². The van der Waals surface area contributed by atoms with Crippen LogP contribution in [0.4, 0.5) is 0 Å². The van der Waals surface area contributed by atoms with Gasteiger partial charge in [0.25, 0.3) is 5.91 Å². The fraction of sp³-hybridized carbons (Fsp3) is 0.864. The van der Waals surface area contributed by atoms with E-state index in [4.69, 9.17) is 0 Å². The molecule has 7 aliphatic rings. The maximum absolute atomic E-state index is 15.1. The van der Waals surface area contributed by atoms with Gasteiger partial charge in [-0.3, -0.25) is 33.7 Å². The minimum Gasteiger partial charge on any atom is -0.347 e. The number of piperidine rings is 1. The van der Waals surface area contributed by atoms with E-state index in [0.29, 0.717) is 31.8 Å². The van der Waals surface area contributed by atoms with Gasteiger partial charge in [0.1, 0.15) is 18.1 Å². The van der Waals surface area contributed by atoms with Crippen molar-refractivity contribution in [1.82, 2.24) is 31.1 Å². The maximum Gasteiger partial charge on any atom is 0.289 e. The molecule has 5 saturated carbocycles. The maximum atomic E-state index is 15.1. The van der Waals surface area contributed by atoms with E-state index in [-0.39, 0.29) is 51.8 Å². The van der Waals surface area contributed by atoms with E-state index < -0.39 is 47.2 Å². The van der Waals surface area contributed by atoms with Crippen LogP contribution in [0, 0.1) is 33.5 Å². The molecule has 0 aromatic heterocycles. The molecule has 4 N–H and O–H groups in total. The lowest BCUT2D eigenvalue weighted by atomic mass is 9.73. The molecule has 0 aromatic rings. The highest BCUT2D eigenvalue weighted by atomic mass is 16.2. The average molecular weight is 779 g/mol. The summed E-state index contributed by atoms with van der Waals surface area (Å²) in [7, 11) is 0. The molecule has 2 heterocycles. The van der Waals surface area contributed by atoms with Crippen molar-refractivity contribution in [2.75, 3.05) is 19.6 Å². The molecule has 0 aromatic carbocycles. The van der Waals surface area contributed by atoms with Crippen LogP contribution in [0.5, 0.6) is 0 Å². The number of carbonyl (C=O) groups is 6. The topological polar surface area (TPSA) is 157 Å².